The molecule has 0 spiro atoms. The van der Waals surface area contributed by atoms with Crippen molar-refractivity contribution in [3.05, 3.63) is 35.9 Å². The zero-order chi connectivity index (χ0) is 19.9. The van der Waals surface area contributed by atoms with E-state index in [1.807, 2.05) is 36.6 Å². The minimum absolute atomic E-state index is 0.0116. The van der Waals surface area contributed by atoms with Gasteiger partial charge < -0.3 is 20.7 Å². The first kappa shape index (κ1) is 20.3. The Kier molecular flexibility index (Phi) is 6.97. The van der Waals surface area contributed by atoms with E-state index >= 15 is 0 Å². The maximum absolute atomic E-state index is 12.4. The van der Waals surface area contributed by atoms with Crippen LogP contribution in [0.1, 0.15) is 18.4 Å². The Morgan fingerprint density at radius 3 is 3.00 bits per heavy atom. The van der Waals surface area contributed by atoms with E-state index in [1.54, 1.807) is 7.11 Å². The third-order valence-electron chi connectivity index (χ3n) is 4.87. The molecule has 1 atom stereocenters. The van der Waals surface area contributed by atoms with Gasteiger partial charge in [-0.2, -0.15) is 0 Å². The highest BCUT2D eigenvalue weighted by Gasteiger charge is 2.22. The van der Waals surface area contributed by atoms with Crippen LogP contribution in [-0.4, -0.2) is 48.9 Å². The molecule has 1 saturated heterocycles. The molecule has 0 saturated carbocycles. The number of para-hydroxylation sites is 1. The predicted molar refractivity (Wildman–Crippen MR) is 113 cm³/mol. The predicted octanol–water partition coefficient (Wildman–Crippen LogP) is 2.36. The number of thioether (sulfide) groups is 1. The number of hydrogen-bond acceptors (Lipinski definition) is 7. The molecule has 1 amide bonds. The number of hydrogen-bond donors (Lipinski definition) is 2. The second-order valence-corrected chi connectivity index (χ2v) is 7.66. The van der Waals surface area contributed by atoms with Gasteiger partial charge in [0.15, 0.2) is 5.16 Å². The molecule has 1 aromatic carbocycles. The van der Waals surface area contributed by atoms with Crippen molar-refractivity contribution >= 4 is 29.3 Å². The summed E-state index contributed by atoms with van der Waals surface area (Å²) in [5.74, 6) is 2.48. The molecule has 8 heteroatoms. The van der Waals surface area contributed by atoms with Crippen molar-refractivity contribution in [1.82, 2.24) is 15.3 Å². The molecule has 28 heavy (non-hydrogen) atoms. The molecule has 1 unspecified atom stereocenters. The number of ether oxygens (including phenoxy) is 1. The van der Waals surface area contributed by atoms with Crippen LogP contribution in [0.3, 0.4) is 0 Å². The topological polar surface area (TPSA) is 93.4 Å². The maximum atomic E-state index is 12.4. The highest BCUT2D eigenvalue weighted by atomic mass is 32.2. The molecule has 1 aromatic heterocycles. The number of carbonyl (C=O) groups is 1. The number of amides is 1. The molecule has 1 aliphatic rings. The quantitative estimate of drug-likeness (QED) is 0.543. The number of benzene rings is 1. The fourth-order valence-corrected chi connectivity index (χ4v) is 3.85. The van der Waals surface area contributed by atoms with Crippen molar-refractivity contribution in [2.75, 3.05) is 43.6 Å². The van der Waals surface area contributed by atoms with Crippen LogP contribution in [-0.2, 0) is 11.2 Å². The summed E-state index contributed by atoms with van der Waals surface area (Å²) >= 11 is 1.48. The average molecular weight is 402 g/mol. The van der Waals surface area contributed by atoms with Crippen LogP contribution in [0.4, 0.5) is 11.6 Å². The number of rotatable bonds is 7. The first-order valence-electron chi connectivity index (χ1n) is 9.41. The minimum atomic E-state index is 0.0116. The fraction of sp³-hybridized carbons (Fsp3) is 0.450. The molecule has 3 N–H and O–H groups in total. The molecule has 1 aliphatic heterocycles. The van der Waals surface area contributed by atoms with Gasteiger partial charge in [0, 0.05) is 31.3 Å². The van der Waals surface area contributed by atoms with Crippen LogP contribution in [0, 0.1) is 5.92 Å². The molecule has 2 heterocycles. The normalized spacial score (nSPS) is 16.6. The number of nitrogen functional groups attached to an aromatic ring is 1. The fourth-order valence-electron chi connectivity index (χ4n) is 3.47. The van der Waals surface area contributed by atoms with Crippen LogP contribution >= 0.6 is 11.8 Å². The molecular weight excluding hydrogens is 374 g/mol. The first-order valence-corrected chi connectivity index (χ1v) is 10.6. The second kappa shape index (κ2) is 9.64. The van der Waals surface area contributed by atoms with E-state index in [2.05, 4.69) is 20.2 Å². The highest BCUT2D eigenvalue weighted by Crippen LogP contribution is 2.24. The molecule has 1 fully saturated rings. The molecule has 0 bridgehead atoms. The van der Waals surface area contributed by atoms with Gasteiger partial charge in [-0.3, -0.25) is 4.79 Å². The minimum Gasteiger partial charge on any atom is -0.496 e. The zero-order valence-electron chi connectivity index (χ0n) is 16.4. The van der Waals surface area contributed by atoms with Gasteiger partial charge in [-0.05, 0) is 31.1 Å². The molecule has 3 rings (SSSR count). The smallest absolute Gasteiger partial charge is 0.224 e. The molecule has 2 aromatic rings. The molecular formula is C20H27N5O2S. The lowest BCUT2D eigenvalue weighted by Gasteiger charge is -2.33. The Labute approximate surface area is 170 Å². The Balaban J connectivity index is 1.55. The van der Waals surface area contributed by atoms with Crippen molar-refractivity contribution < 1.29 is 9.53 Å². The first-order chi connectivity index (χ1) is 13.6. The van der Waals surface area contributed by atoms with Crippen LogP contribution < -0.4 is 20.7 Å². The molecule has 0 aliphatic carbocycles. The van der Waals surface area contributed by atoms with Crippen molar-refractivity contribution in [2.45, 2.75) is 24.4 Å². The zero-order valence-corrected chi connectivity index (χ0v) is 17.2. The summed E-state index contributed by atoms with van der Waals surface area (Å²) < 4.78 is 5.32. The number of carbonyl (C=O) groups excluding carboxylic acids is 1. The number of aromatic nitrogens is 2. The third kappa shape index (κ3) is 5.28. The Morgan fingerprint density at radius 1 is 1.39 bits per heavy atom. The summed E-state index contributed by atoms with van der Waals surface area (Å²) in [6.07, 6.45) is 4.40. The van der Waals surface area contributed by atoms with Crippen LogP contribution in [0.2, 0.25) is 0 Å². The lowest BCUT2D eigenvalue weighted by molar-refractivity contribution is -0.120. The van der Waals surface area contributed by atoms with Gasteiger partial charge in [0.1, 0.15) is 17.4 Å². The van der Waals surface area contributed by atoms with Gasteiger partial charge >= 0.3 is 0 Å². The van der Waals surface area contributed by atoms with Gasteiger partial charge in [0.25, 0.3) is 0 Å². The Morgan fingerprint density at radius 2 is 2.21 bits per heavy atom. The van der Waals surface area contributed by atoms with E-state index in [4.69, 9.17) is 10.5 Å². The van der Waals surface area contributed by atoms with Gasteiger partial charge in [-0.15, -0.1) is 0 Å². The maximum Gasteiger partial charge on any atom is 0.224 e. The monoisotopic (exact) mass is 401 g/mol. The van der Waals surface area contributed by atoms with E-state index in [-0.39, 0.29) is 5.91 Å². The summed E-state index contributed by atoms with van der Waals surface area (Å²) in [5, 5.41) is 3.76. The number of nitrogens with zero attached hydrogens (tertiary/aromatic N) is 3. The van der Waals surface area contributed by atoms with Gasteiger partial charge in [-0.1, -0.05) is 30.0 Å². The lowest BCUT2D eigenvalue weighted by atomic mass is 9.98. The van der Waals surface area contributed by atoms with Crippen LogP contribution in [0.5, 0.6) is 5.75 Å². The number of nitrogens with one attached hydrogen (secondary N) is 1. The number of anilines is 2. The van der Waals surface area contributed by atoms with E-state index in [1.165, 1.54) is 11.8 Å². The van der Waals surface area contributed by atoms with Gasteiger partial charge in [0.05, 0.1) is 13.5 Å². The summed E-state index contributed by atoms with van der Waals surface area (Å²) in [4.78, 5) is 23.4. The largest absolute Gasteiger partial charge is 0.496 e. The molecule has 7 nitrogen and oxygen atoms in total. The van der Waals surface area contributed by atoms with E-state index in [0.29, 0.717) is 29.9 Å². The van der Waals surface area contributed by atoms with Gasteiger partial charge in [0.2, 0.25) is 5.91 Å². The number of methoxy groups -OCH3 is 1. The van der Waals surface area contributed by atoms with Crippen molar-refractivity contribution in [1.29, 1.82) is 0 Å². The average Bonchev–Trinajstić information content (AvgIpc) is 2.72. The SMILES string of the molecule is COc1ccccc1CC(=O)NCC1CCCN(c2cc(N)nc(SC)n2)C1. The van der Waals surface area contributed by atoms with Crippen molar-refractivity contribution in [3.8, 4) is 5.75 Å². The summed E-state index contributed by atoms with van der Waals surface area (Å²) in [5.41, 5.74) is 6.81. The standard InChI is InChI=1S/C20H27N5O2S/c1-27-16-8-4-3-7-15(16)10-19(26)22-12-14-6-5-9-25(13-14)18-11-17(21)23-20(24-18)28-2/h3-4,7-8,11,14H,5-6,9-10,12-13H2,1-2H3,(H,22,26)(H2,21,23,24). The van der Waals surface area contributed by atoms with Crippen molar-refractivity contribution in [3.63, 3.8) is 0 Å². The summed E-state index contributed by atoms with van der Waals surface area (Å²) in [6, 6.07) is 9.43. The van der Waals surface area contributed by atoms with E-state index in [0.717, 1.165) is 43.1 Å². The number of nitrogens with two attached hydrogens (primary N) is 1. The lowest BCUT2D eigenvalue weighted by Crippen LogP contribution is -2.41. The Bertz CT molecular complexity index is 817. The summed E-state index contributed by atoms with van der Waals surface area (Å²) in [7, 11) is 1.62. The van der Waals surface area contributed by atoms with Crippen molar-refractivity contribution in [2.24, 2.45) is 5.92 Å². The van der Waals surface area contributed by atoms with Gasteiger partial charge in [-0.25, -0.2) is 9.97 Å². The number of piperidine rings is 1. The summed E-state index contributed by atoms with van der Waals surface area (Å²) in [6.45, 7) is 2.44. The third-order valence-corrected chi connectivity index (χ3v) is 5.42. The highest BCUT2D eigenvalue weighted by molar-refractivity contribution is 7.98. The van der Waals surface area contributed by atoms with E-state index < -0.39 is 0 Å². The van der Waals surface area contributed by atoms with E-state index in [9.17, 15) is 4.79 Å². The Hall–Kier alpha value is -2.48. The van der Waals surface area contributed by atoms with Crippen LogP contribution in [0.25, 0.3) is 0 Å². The molecule has 150 valence electrons. The second-order valence-electron chi connectivity index (χ2n) is 6.88. The molecule has 0 radical (unpaired) electrons. The van der Waals surface area contributed by atoms with Crippen LogP contribution in [0.15, 0.2) is 35.5 Å².